The Hall–Kier alpha value is -3.19. The molecule has 3 aromatic rings. The molecule has 2 amide bonds. The lowest BCUT2D eigenvalue weighted by Gasteiger charge is -2.21. The first-order valence-electron chi connectivity index (χ1n) is 8.95. The first-order valence-corrected chi connectivity index (χ1v) is 9.33. The van der Waals surface area contributed by atoms with Crippen LogP contribution in [0.4, 0.5) is 10.1 Å². The fourth-order valence-electron chi connectivity index (χ4n) is 2.60. The first kappa shape index (κ1) is 20.5. The molecule has 0 unspecified atom stereocenters. The third-order valence-electron chi connectivity index (χ3n) is 4.50. The lowest BCUT2D eigenvalue weighted by molar-refractivity contribution is 0.0754. The second kappa shape index (κ2) is 8.45. The maximum Gasteiger partial charge on any atom is 0.258 e. The zero-order valence-corrected chi connectivity index (χ0v) is 16.9. The van der Waals surface area contributed by atoms with E-state index in [4.69, 9.17) is 11.6 Å². The van der Waals surface area contributed by atoms with Crippen LogP contribution >= 0.6 is 11.6 Å². The van der Waals surface area contributed by atoms with Crippen LogP contribution in [0.5, 0.6) is 0 Å². The van der Waals surface area contributed by atoms with Crippen LogP contribution in [-0.4, -0.2) is 39.6 Å². The Morgan fingerprint density at radius 1 is 1.17 bits per heavy atom. The zero-order valence-electron chi connectivity index (χ0n) is 16.2. The normalized spacial score (nSPS) is 10.8. The molecule has 2 aromatic carbocycles. The van der Waals surface area contributed by atoms with Gasteiger partial charge in [0.1, 0.15) is 11.5 Å². The SMILES string of the molecule is CC(C)N(C)C(=O)c1ccc(Cl)c(NC(=O)c2cnn(-c3ccccc3F)c2)c1. The van der Waals surface area contributed by atoms with E-state index in [1.54, 1.807) is 42.3 Å². The van der Waals surface area contributed by atoms with Gasteiger partial charge in [-0.3, -0.25) is 9.59 Å². The van der Waals surface area contributed by atoms with Crippen LogP contribution in [0.3, 0.4) is 0 Å². The minimum Gasteiger partial charge on any atom is -0.339 e. The molecule has 0 saturated carbocycles. The minimum atomic E-state index is -0.476. The number of hydrogen-bond donors (Lipinski definition) is 1. The van der Waals surface area contributed by atoms with E-state index in [2.05, 4.69) is 10.4 Å². The van der Waals surface area contributed by atoms with Crippen molar-refractivity contribution in [2.75, 3.05) is 12.4 Å². The number of rotatable bonds is 5. The number of hydrogen-bond acceptors (Lipinski definition) is 3. The van der Waals surface area contributed by atoms with Gasteiger partial charge in [-0.2, -0.15) is 5.10 Å². The van der Waals surface area contributed by atoms with Crippen LogP contribution in [0.1, 0.15) is 34.6 Å². The molecule has 8 heteroatoms. The predicted molar refractivity (Wildman–Crippen MR) is 110 cm³/mol. The average Bonchev–Trinajstić information content (AvgIpc) is 3.19. The van der Waals surface area contributed by atoms with Crippen molar-refractivity contribution in [3.05, 3.63) is 76.8 Å². The summed E-state index contributed by atoms with van der Waals surface area (Å²) in [6.07, 6.45) is 2.75. The molecule has 0 atom stereocenters. The van der Waals surface area contributed by atoms with Gasteiger partial charge >= 0.3 is 0 Å². The van der Waals surface area contributed by atoms with Gasteiger partial charge in [-0.1, -0.05) is 23.7 Å². The number of halogens is 2. The number of nitrogens with one attached hydrogen (secondary N) is 1. The Kier molecular flexibility index (Phi) is 5.98. The van der Waals surface area contributed by atoms with E-state index in [-0.39, 0.29) is 23.2 Å². The van der Waals surface area contributed by atoms with Crippen molar-refractivity contribution in [2.24, 2.45) is 0 Å². The predicted octanol–water partition coefficient (Wildman–Crippen LogP) is 4.40. The topological polar surface area (TPSA) is 67.2 Å². The summed E-state index contributed by atoms with van der Waals surface area (Å²) in [4.78, 5) is 26.7. The van der Waals surface area contributed by atoms with E-state index in [1.807, 2.05) is 13.8 Å². The number of carbonyl (C=O) groups is 2. The minimum absolute atomic E-state index is 0.0282. The van der Waals surface area contributed by atoms with Crippen LogP contribution in [0.25, 0.3) is 5.69 Å². The molecule has 1 aromatic heterocycles. The van der Waals surface area contributed by atoms with Crippen LogP contribution in [-0.2, 0) is 0 Å². The van der Waals surface area contributed by atoms with Crippen molar-refractivity contribution in [1.29, 1.82) is 0 Å². The van der Waals surface area contributed by atoms with Crippen LogP contribution in [0.15, 0.2) is 54.9 Å². The molecular weight excluding hydrogens is 395 g/mol. The number of anilines is 1. The summed E-state index contributed by atoms with van der Waals surface area (Å²) in [6.45, 7) is 3.81. The summed E-state index contributed by atoms with van der Waals surface area (Å²) in [6, 6.07) is 10.8. The summed E-state index contributed by atoms with van der Waals surface area (Å²) < 4.78 is 15.2. The molecular formula is C21H20ClFN4O2. The van der Waals surface area contributed by atoms with Gasteiger partial charge in [0.05, 0.1) is 22.5 Å². The monoisotopic (exact) mass is 414 g/mol. The third-order valence-corrected chi connectivity index (χ3v) is 4.83. The number of para-hydroxylation sites is 1. The summed E-state index contributed by atoms with van der Waals surface area (Å²) in [5.74, 6) is -1.11. The summed E-state index contributed by atoms with van der Waals surface area (Å²) in [7, 11) is 1.71. The van der Waals surface area contributed by atoms with Gasteiger partial charge in [-0.15, -0.1) is 0 Å². The molecule has 0 aliphatic heterocycles. The van der Waals surface area contributed by atoms with Gasteiger partial charge in [0.15, 0.2) is 0 Å². The lowest BCUT2D eigenvalue weighted by Crippen LogP contribution is -2.33. The number of nitrogens with zero attached hydrogens (tertiary/aromatic N) is 3. The van der Waals surface area contributed by atoms with E-state index in [0.29, 0.717) is 16.3 Å². The Morgan fingerprint density at radius 2 is 1.90 bits per heavy atom. The van der Waals surface area contributed by atoms with E-state index >= 15 is 0 Å². The maximum atomic E-state index is 13.9. The molecule has 3 rings (SSSR count). The second-order valence-electron chi connectivity index (χ2n) is 6.78. The lowest BCUT2D eigenvalue weighted by atomic mass is 10.1. The van der Waals surface area contributed by atoms with Crippen molar-refractivity contribution in [1.82, 2.24) is 14.7 Å². The molecule has 0 spiro atoms. The average molecular weight is 415 g/mol. The number of carbonyl (C=O) groups excluding carboxylic acids is 2. The van der Waals surface area contributed by atoms with Crippen molar-refractivity contribution < 1.29 is 14.0 Å². The van der Waals surface area contributed by atoms with Crippen molar-refractivity contribution >= 4 is 29.1 Å². The van der Waals surface area contributed by atoms with E-state index < -0.39 is 11.7 Å². The van der Waals surface area contributed by atoms with Crippen molar-refractivity contribution in [2.45, 2.75) is 19.9 Å². The quantitative estimate of drug-likeness (QED) is 0.673. The van der Waals surface area contributed by atoms with Gasteiger partial charge < -0.3 is 10.2 Å². The fourth-order valence-corrected chi connectivity index (χ4v) is 2.76. The van der Waals surface area contributed by atoms with Gasteiger partial charge in [0.25, 0.3) is 11.8 Å². The van der Waals surface area contributed by atoms with Gasteiger partial charge in [-0.05, 0) is 44.2 Å². The fraction of sp³-hybridized carbons (Fsp3) is 0.190. The number of aromatic nitrogens is 2. The zero-order chi connectivity index (χ0) is 21.1. The molecule has 0 radical (unpaired) electrons. The Balaban J connectivity index is 1.82. The number of amides is 2. The Bertz CT molecular complexity index is 1060. The summed E-state index contributed by atoms with van der Waals surface area (Å²) >= 11 is 6.19. The van der Waals surface area contributed by atoms with Gasteiger partial charge in [0.2, 0.25) is 0 Å². The Labute approximate surface area is 172 Å². The number of benzene rings is 2. The second-order valence-corrected chi connectivity index (χ2v) is 7.19. The molecule has 1 heterocycles. The summed E-state index contributed by atoms with van der Waals surface area (Å²) in [5.41, 5.74) is 1.16. The molecule has 0 fully saturated rings. The highest BCUT2D eigenvalue weighted by atomic mass is 35.5. The Morgan fingerprint density at radius 3 is 2.59 bits per heavy atom. The highest BCUT2D eigenvalue weighted by molar-refractivity contribution is 6.34. The first-order chi connectivity index (χ1) is 13.8. The van der Waals surface area contributed by atoms with Crippen LogP contribution < -0.4 is 5.32 Å². The molecule has 0 saturated heterocycles. The van der Waals surface area contributed by atoms with E-state index in [1.165, 1.54) is 29.2 Å². The largest absolute Gasteiger partial charge is 0.339 e. The smallest absolute Gasteiger partial charge is 0.258 e. The summed E-state index contributed by atoms with van der Waals surface area (Å²) in [5, 5.41) is 7.02. The molecule has 150 valence electrons. The molecule has 0 bridgehead atoms. The molecule has 6 nitrogen and oxygen atoms in total. The van der Waals surface area contributed by atoms with E-state index in [0.717, 1.165) is 0 Å². The highest BCUT2D eigenvalue weighted by Gasteiger charge is 2.18. The standard InChI is InChI=1S/C21H20ClFN4O2/c1-13(2)26(3)21(29)14-8-9-16(22)18(10-14)25-20(28)15-11-24-27(12-15)19-7-5-4-6-17(19)23/h4-13H,1-3H3,(H,25,28). The van der Waals surface area contributed by atoms with Crippen LogP contribution in [0.2, 0.25) is 5.02 Å². The molecule has 29 heavy (non-hydrogen) atoms. The molecule has 0 aliphatic rings. The molecule has 1 N–H and O–H groups in total. The van der Waals surface area contributed by atoms with Crippen molar-refractivity contribution in [3.8, 4) is 5.69 Å². The van der Waals surface area contributed by atoms with E-state index in [9.17, 15) is 14.0 Å². The molecule has 0 aliphatic carbocycles. The maximum absolute atomic E-state index is 13.9. The van der Waals surface area contributed by atoms with Crippen molar-refractivity contribution in [3.63, 3.8) is 0 Å². The van der Waals surface area contributed by atoms with Gasteiger partial charge in [0, 0.05) is 24.8 Å². The third kappa shape index (κ3) is 4.46. The van der Waals surface area contributed by atoms with Gasteiger partial charge in [-0.25, -0.2) is 9.07 Å². The van der Waals surface area contributed by atoms with Crippen LogP contribution in [0, 0.1) is 5.82 Å². The highest BCUT2D eigenvalue weighted by Crippen LogP contribution is 2.25.